The molecule has 2 aromatic carbocycles. The number of anilines is 1. The molecule has 0 atom stereocenters. The first kappa shape index (κ1) is 24.4. The molecule has 0 saturated carbocycles. The SMILES string of the molecule is CC(C)CCOc1ccc(Oc2cc(Cl)c(Cl)cc2C(=O)Nc2ccc(C(=O)O)nc2)cc1. The topological polar surface area (TPSA) is 97.8 Å². The number of nitrogens with zero attached hydrogens (tertiary/aromatic N) is 1. The van der Waals surface area contributed by atoms with Crippen molar-refractivity contribution in [3.8, 4) is 17.2 Å². The van der Waals surface area contributed by atoms with Crippen LogP contribution in [-0.2, 0) is 0 Å². The second-order valence-electron chi connectivity index (χ2n) is 7.56. The van der Waals surface area contributed by atoms with Crippen LogP contribution < -0.4 is 14.8 Å². The number of ether oxygens (including phenoxy) is 2. The second-order valence-corrected chi connectivity index (χ2v) is 8.37. The molecule has 7 nitrogen and oxygen atoms in total. The van der Waals surface area contributed by atoms with E-state index in [1.807, 2.05) is 0 Å². The molecule has 172 valence electrons. The highest BCUT2D eigenvalue weighted by atomic mass is 35.5. The van der Waals surface area contributed by atoms with Gasteiger partial charge in [0.15, 0.2) is 0 Å². The number of halogens is 2. The number of carbonyl (C=O) groups excluding carboxylic acids is 1. The van der Waals surface area contributed by atoms with Gasteiger partial charge in [-0.2, -0.15) is 0 Å². The molecule has 1 aromatic heterocycles. The number of nitrogens with one attached hydrogen (secondary N) is 1. The average Bonchev–Trinajstić information content (AvgIpc) is 2.77. The molecule has 3 aromatic rings. The Morgan fingerprint density at radius 3 is 2.30 bits per heavy atom. The van der Waals surface area contributed by atoms with E-state index in [0.29, 0.717) is 29.7 Å². The number of amides is 1. The summed E-state index contributed by atoms with van der Waals surface area (Å²) in [6.07, 6.45) is 2.20. The van der Waals surface area contributed by atoms with Gasteiger partial charge in [-0.1, -0.05) is 37.0 Å². The largest absolute Gasteiger partial charge is 0.494 e. The van der Waals surface area contributed by atoms with Crippen molar-refractivity contribution in [2.75, 3.05) is 11.9 Å². The number of benzene rings is 2. The van der Waals surface area contributed by atoms with Crippen molar-refractivity contribution in [2.45, 2.75) is 20.3 Å². The predicted molar refractivity (Wildman–Crippen MR) is 127 cm³/mol. The van der Waals surface area contributed by atoms with Gasteiger partial charge in [0.2, 0.25) is 0 Å². The predicted octanol–water partition coefficient (Wildman–Crippen LogP) is 6.56. The maximum Gasteiger partial charge on any atom is 0.354 e. The summed E-state index contributed by atoms with van der Waals surface area (Å²) in [6, 6.07) is 12.6. The lowest BCUT2D eigenvalue weighted by Crippen LogP contribution is -2.14. The Labute approximate surface area is 201 Å². The van der Waals surface area contributed by atoms with Crippen molar-refractivity contribution in [1.29, 1.82) is 0 Å². The first-order valence-electron chi connectivity index (χ1n) is 10.1. The first-order valence-corrected chi connectivity index (χ1v) is 10.9. The molecule has 0 bridgehead atoms. The molecule has 2 N–H and O–H groups in total. The summed E-state index contributed by atoms with van der Waals surface area (Å²) in [6.45, 7) is 4.89. The van der Waals surface area contributed by atoms with Crippen LogP contribution in [0, 0.1) is 5.92 Å². The molecule has 0 spiro atoms. The van der Waals surface area contributed by atoms with E-state index in [9.17, 15) is 9.59 Å². The Hall–Kier alpha value is -3.29. The van der Waals surface area contributed by atoms with Crippen LogP contribution in [0.2, 0.25) is 10.0 Å². The zero-order valence-electron chi connectivity index (χ0n) is 18.0. The van der Waals surface area contributed by atoms with E-state index in [4.69, 9.17) is 37.8 Å². The van der Waals surface area contributed by atoms with E-state index < -0.39 is 11.9 Å². The van der Waals surface area contributed by atoms with Crippen molar-refractivity contribution in [1.82, 2.24) is 4.98 Å². The summed E-state index contributed by atoms with van der Waals surface area (Å²) in [5.74, 6) is 0.258. The molecule has 1 heterocycles. The Bertz CT molecular complexity index is 1130. The van der Waals surface area contributed by atoms with E-state index in [1.165, 1.54) is 30.5 Å². The monoisotopic (exact) mass is 488 g/mol. The molecule has 0 aliphatic heterocycles. The highest BCUT2D eigenvalue weighted by molar-refractivity contribution is 6.42. The number of hydrogen-bond donors (Lipinski definition) is 2. The van der Waals surface area contributed by atoms with E-state index >= 15 is 0 Å². The van der Waals surface area contributed by atoms with E-state index in [0.717, 1.165) is 6.42 Å². The number of aromatic carboxylic acids is 1. The highest BCUT2D eigenvalue weighted by Crippen LogP contribution is 2.34. The summed E-state index contributed by atoms with van der Waals surface area (Å²) in [7, 11) is 0. The molecule has 0 radical (unpaired) electrons. The van der Waals surface area contributed by atoms with Crippen molar-refractivity contribution >= 4 is 40.8 Å². The van der Waals surface area contributed by atoms with Crippen molar-refractivity contribution < 1.29 is 24.2 Å². The third-order valence-electron chi connectivity index (χ3n) is 4.52. The molecule has 33 heavy (non-hydrogen) atoms. The molecule has 9 heteroatoms. The molecule has 0 fully saturated rings. The normalized spacial score (nSPS) is 10.7. The average molecular weight is 489 g/mol. The molecule has 0 saturated heterocycles. The number of carboxylic acids is 1. The van der Waals surface area contributed by atoms with Crippen LogP contribution in [0.5, 0.6) is 17.2 Å². The standard InChI is InChI=1S/C24H22Cl2N2O5/c1-14(2)9-10-32-16-4-6-17(7-5-16)33-22-12-20(26)19(25)11-18(22)23(29)28-15-3-8-21(24(30)31)27-13-15/h3-8,11-14H,9-10H2,1-2H3,(H,28,29)(H,30,31). The molecule has 0 aliphatic rings. The third kappa shape index (κ3) is 6.84. The van der Waals surface area contributed by atoms with Crippen LogP contribution in [0.4, 0.5) is 5.69 Å². The lowest BCUT2D eigenvalue weighted by Gasteiger charge is -2.14. The van der Waals surface area contributed by atoms with Gasteiger partial charge in [-0.3, -0.25) is 4.79 Å². The number of aromatic nitrogens is 1. The number of pyridine rings is 1. The minimum absolute atomic E-state index is 0.136. The van der Waals surface area contributed by atoms with Crippen molar-refractivity contribution in [2.24, 2.45) is 5.92 Å². The van der Waals surface area contributed by atoms with Crippen LogP contribution in [0.1, 0.15) is 41.1 Å². The van der Waals surface area contributed by atoms with Crippen molar-refractivity contribution in [3.63, 3.8) is 0 Å². The lowest BCUT2D eigenvalue weighted by atomic mass is 10.1. The molecular weight excluding hydrogens is 467 g/mol. The van der Waals surface area contributed by atoms with Gasteiger partial charge >= 0.3 is 5.97 Å². The summed E-state index contributed by atoms with van der Waals surface area (Å²) in [4.78, 5) is 27.6. The molecule has 0 aliphatic carbocycles. The van der Waals surface area contributed by atoms with Gasteiger partial charge in [0.25, 0.3) is 5.91 Å². The number of hydrogen-bond acceptors (Lipinski definition) is 5. The molecule has 0 unspecified atom stereocenters. The zero-order valence-corrected chi connectivity index (χ0v) is 19.5. The van der Waals surface area contributed by atoms with E-state index in [2.05, 4.69) is 24.1 Å². The fourth-order valence-electron chi connectivity index (χ4n) is 2.73. The summed E-state index contributed by atoms with van der Waals surface area (Å²) in [5, 5.41) is 12.0. The fourth-order valence-corrected chi connectivity index (χ4v) is 3.04. The number of rotatable bonds is 9. The van der Waals surface area contributed by atoms with Gasteiger partial charge < -0.3 is 19.9 Å². The van der Waals surface area contributed by atoms with Crippen LogP contribution >= 0.6 is 23.2 Å². The Kier molecular flexibility index (Phi) is 8.14. The number of carbonyl (C=O) groups is 2. The van der Waals surface area contributed by atoms with Crippen LogP contribution in [0.3, 0.4) is 0 Å². The van der Waals surface area contributed by atoms with Crippen LogP contribution in [0.25, 0.3) is 0 Å². The summed E-state index contributed by atoms with van der Waals surface area (Å²) >= 11 is 12.3. The van der Waals surface area contributed by atoms with Gasteiger partial charge in [-0.15, -0.1) is 0 Å². The van der Waals surface area contributed by atoms with Gasteiger partial charge in [-0.05, 0) is 54.8 Å². The molecule has 1 amide bonds. The fraction of sp³-hybridized carbons (Fsp3) is 0.208. The quantitative estimate of drug-likeness (QED) is 0.354. The minimum Gasteiger partial charge on any atom is -0.494 e. The van der Waals surface area contributed by atoms with Crippen LogP contribution in [0.15, 0.2) is 54.7 Å². The Morgan fingerprint density at radius 1 is 1.03 bits per heavy atom. The Morgan fingerprint density at radius 2 is 1.70 bits per heavy atom. The van der Waals surface area contributed by atoms with E-state index in [-0.39, 0.29) is 27.1 Å². The maximum absolute atomic E-state index is 12.9. The van der Waals surface area contributed by atoms with Gasteiger partial charge in [-0.25, -0.2) is 9.78 Å². The summed E-state index contributed by atoms with van der Waals surface area (Å²) < 4.78 is 11.6. The van der Waals surface area contributed by atoms with Crippen molar-refractivity contribution in [3.05, 3.63) is 76.0 Å². The minimum atomic E-state index is -1.16. The van der Waals surface area contributed by atoms with Crippen LogP contribution in [-0.4, -0.2) is 28.6 Å². The second kappa shape index (κ2) is 11.0. The molecule has 3 rings (SSSR count). The van der Waals surface area contributed by atoms with Gasteiger partial charge in [0.05, 0.1) is 34.1 Å². The summed E-state index contributed by atoms with van der Waals surface area (Å²) in [5.41, 5.74) is 0.317. The number of carboxylic acid groups (broad SMARTS) is 1. The lowest BCUT2D eigenvalue weighted by molar-refractivity contribution is 0.0690. The smallest absolute Gasteiger partial charge is 0.354 e. The van der Waals surface area contributed by atoms with Gasteiger partial charge in [0.1, 0.15) is 22.9 Å². The van der Waals surface area contributed by atoms with E-state index in [1.54, 1.807) is 24.3 Å². The zero-order chi connectivity index (χ0) is 24.0. The van der Waals surface area contributed by atoms with Gasteiger partial charge in [0, 0.05) is 6.07 Å². The maximum atomic E-state index is 12.9. The third-order valence-corrected chi connectivity index (χ3v) is 5.25. The highest BCUT2D eigenvalue weighted by Gasteiger charge is 2.17. The first-order chi connectivity index (χ1) is 15.7. The molecular formula is C24H22Cl2N2O5. The Balaban J connectivity index is 1.76.